The summed E-state index contributed by atoms with van der Waals surface area (Å²) >= 11 is 1.65. The van der Waals surface area contributed by atoms with Gasteiger partial charge in [0.1, 0.15) is 5.82 Å². The maximum atomic E-state index is 13.6. The van der Waals surface area contributed by atoms with Gasteiger partial charge in [0.2, 0.25) is 0 Å². The normalized spacial score (nSPS) is 10.6. The highest BCUT2D eigenvalue weighted by Crippen LogP contribution is 2.28. The molecule has 94 valence electrons. The number of nitrogen functional groups attached to an aromatic ring is 1. The van der Waals surface area contributed by atoms with Crippen LogP contribution in [0.5, 0.6) is 0 Å². The highest BCUT2D eigenvalue weighted by Gasteiger charge is 2.05. The van der Waals surface area contributed by atoms with E-state index in [-0.39, 0.29) is 5.82 Å². The number of thioether (sulfide) groups is 1. The average Bonchev–Trinajstić information content (AvgIpc) is 2.30. The second-order valence-electron chi connectivity index (χ2n) is 4.41. The van der Waals surface area contributed by atoms with E-state index in [1.165, 1.54) is 22.1 Å². The molecular formula is C15H16FNS. The zero-order valence-corrected chi connectivity index (χ0v) is 11.4. The van der Waals surface area contributed by atoms with Crippen LogP contribution < -0.4 is 5.73 Å². The highest BCUT2D eigenvalue weighted by molar-refractivity contribution is 7.98. The van der Waals surface area contributed by atoms with E-state index in [0.717, 1.165) is 0 Å². The molecule has 0 heterocycles. The van der Waals surface area contributed by atoms with E-state index in [1.54, 1.807) is 23.9 Å². The van der Waals surface area contributed by atoms with Gasteiger partial charge in [-0.3, -0.25) is 0 Å². The van der Waals surface area contributed by atoms with Crippen LogP contribution in [-0.2, 0) is 5.75 Å². The molecule has 0 saturated carbocycles. The van der Waals surface area contributed by atoms with Crippen molar-refractivity contribution in [3.63, 3.8) is 0 Å². The van der Waals surface area contributed by atoms with E-state index < -0.39 is 0 Å². The summed E-state index contributed by atoms with van der Waals surface area (Å²) in [7, 11) is 0. The van der Waals surface area contributed by atoms with E-state index in [9.17, 15) is 4.39 Å². The second-order valence-corrected chi connectivity index (χ2v) is 5.43. The first-order valence-electron chi connectivity index (χ1n) is 5.80. The molecular weight excluding hydrogens is 245 g/mol. The second kappa shape index (κ2) is 5.44. The molecule has 2 rings (SSSR count). The fourth-order valence-corrected chi connectivity index (χ4v) is 2.79. The maximum Gasteiger partial charge on any atom is 0.129 e. The van der Waals surface area contributed by atoms with Crippen molar-refractivity contribution in [2.24, 2.45) is 0 Å². The smallest absolute Gasteiger partial charge is 0.129 e. The van der Waals surface area contributed by atoms with Crippen LogP contribution in [-0.4, -0.2) is 0 Å². The third kappa shape index (κ3) is 3.05. The van der Waals surface area contributed by atoms with Crippen molar-refractivity contribution in [1.29, 1.82) is 0 Å². The van der Waals surface area contributed by atoms with Crippen molar-refractivity contribution in [3.05, 3.63) is 58.9 Å². The molecule has 0 aliphatic carbocycles. The van der Waals surface area contributed by atoms with Crippen LogP contribution in [0.2, 0.25) is 0 Å². The standard InChI is InChI=1S/C15H16FNS/c1-10-3-6-15(11(2)7-10)18-9-12-4-5-13(17)8-14(12)16/h3-8H,9,17H2,1-2H3. The molecule has 0 spiro atoms. The van der Waals surface area contributed by atoms with Crippen LogP contribution in [0.3, 0.4) is 0 Å². The molecule has 0 aliphatic heterocycles. The predicted octanol–water partition coefficient (Wildman–Crippen LogP) is 4.32. The van der Waals surface area contributed by atoms with E-state index in [0.29, 0.717) is 17.0 Å². The van der Waals surface area contributed by atoms with E-state index in [1.807, 2.05) is 0 Å². The molecule has 0 aromatic heterocycles. The van der Waals surface area contributed by atoms with Gasteiger partial charge in [0.25, 0.3) is 0 Å². The first-order chi connectivity index (χ1) is 8.56. The number of anilines is 1. The summed E-state index contributed by atoms with van der Waals surface area (Å²) in [6, 6.07) is 11.2. The van der Waals surface area contributed by atoms with Gasteiger partial charge in [-0.05, 0) is 43.2 Å². The Morgan fingerprint density at radius 1 is 1.11 bits per heavy atom. The lowest BCUT2D eigenvalue weighted by molar-refractivity contribution is 0.618. The summed E-state index contributed by atoms with van der Waals surface area (Å²) in [5, 5.41) is 0. The lowest BCUT2D eigenvalue weighted by Gasteiger charge is -2.07. The Kier molecular flexibility index (Phi) is 3.92. The van der Waals surface area contributed by atoms with Crippen LogP contribution in [0.25, 0.3) is 0 Å². The van der Waals surface area contributed by atoms with Gasteiger partial charge >= 0.3 is 0 Å². The van der Waals surface area contributed by atoms with E-state index in [2.05, 4.69) is 32.0 Å². The number of aryl methyl sites for hydroxylation is 2. The summed E-state index contributed by atoms with van der Waals surface area (Å²) in [6.45, 7) is 4.15. The number of hydrogen-bond donors (Lipinski definition) is 1. The lowest BCUT2D eigenvalue weighted by atomic mass is 10.2. The predicted molar refractivity (Wildman–Crippen MR) is 76.3 cm³/mol. The fourth-order valence-electron chi connectivity index (χ4n) is 1.80. The molecule has 3 heteroatoms. The highest BCUT2D eigenvalue weighted by atomic mass is 32.2. The van der Waals surface area contributed by atoms with Gasteiger partial charge in [0, 0.05) is 16.3 Å². The van der Waals surface area contributed by atoms with Crippen molar-refractivity contribution in [3.8, 4) is 0 Å². The number of nitrogens with two attached hydrogens (primary N) is 1. The van der Waals surface area contributed by atoms with Crippen LogP contribution in [0.15, 0.2) is 41.3 Å². The fraction of sp³-hybridized carbons (Fsp3) is 0.200. The molecule has 0 unspecified atom stereocenters. The summed E-state index contributed by atoms with van der Waals surface area (Å²) in [6.07, 6.45) is 0. The lowest BCUT2D eigenvalue weighted by Crippen LogP contribution is -1.92. The first kappa shape index (κ1) is 13.0. The molecule has 0 saturated heterocycles. The largest absolute Gasteiger partial charge is 0.399 e. The minimum atomic E-state index is -0.229. The molecule has 0 aliphatic rings. The van der Waals surface area contributed by atoms with Crippen LogP contribution >= 0.6 is 11.8 Å². The first-order valence-corrected chi connectivity index (χ1v) is 6.79. The summed E-state index contributed by atoms with van der Waals surface area (Å²) in [5.41, 5.74) is 9.16. The zero-order valence-electron chi connectivity index (χ0n) is 10.5. The number of rotatable bonds is 3. The van der Waals surface area contributed by atoms with Crippen molar-refractivity contribution in [1.82, 2.24) is 0 Å². The SMILES string of the molecule is Cc1ccc(SCc2ccc(N)cc2F)c(C)c1. The number of halogens is 1. The van der Waals surface area contributed by atoms with E-state index >= 15 is 0 Å². The Balaban J connectivity index is 2.11. The monoisotopic (exact) mass is 261 g/mol. The minimum Gasteiger partial charge on any atom is -0.399 e. The molecule has 2 N–H and O–H groups in total. The Morgan fingerprint density at radius 3 is 2.56 bits per heavy atom. The zero-order chi connectivity index (χ0) is 13.1. The van der Waals surface area contributed by atoms with Gasteiger partial charge < -0.3 is 5.73 Å². The molecule has 1 nitrogen and oxygen atoms in total. The van der Waals surface area contributed by atoms with Crippen molar-refractivity contribution in [2.75, 3.05) is 5.73 Å². The van der Waals surface area contributed by atoms with Gasteiger partial charge in [-0.1, -0.05) is 23.8 Å². The van der Waals surface area contributed by atoms with Gasteiger partial charge in [-0.15, -0.1) is 11.8 Å². The summed E-state index contributed by atoms with van der Waals surface area (Å²) in [5.74, 6) is 0.392. The Labute approximate surface area is 111 Å². The maximum absolute atomic E-state index is 13.6. The van der Waals surface area contributed by atoms with Crippen LogP contribution in [0.1, 0.15) is 16.7 Å². The molecule has 2 aromatic carbocycles. The molecule has 0 bridgehead atoms. The van der Waals surface area contributed by atoms with E-state index in [4.69, 9.17) is 5.73 Å². The number of hydrogen-bond acceptors (Lipinski definition) is 2. The summed E-state index contributed by atoms with van der Waals surface area (Å²) < 4.78 is 13.6. The molecule has 2 aromatic rings. The van der Waals surface area contributed by atoms with Crippen LogP contribution in [0, 0.1) is 19.7 Å². The molecule has 0 radical (unpaired) electrons. The van der Waals surface area contributed by atoms with Gasteiger partial charge in [-0.2, -0.15) is 0 Å². The molecule has 0 atom stereocenters. The molecule has 18 heavy (non-hydrogen) atoms. The Morgan fingerprint density at radius 2 is 1.89 bits per heavy atom. The molecule has 0 amide bonds. The van der Waals surface area contributed by atoms with Crippen molar-refractivity contribution >= 4 is 17.4 Å². The van der Waals surface area contributed by atoms with Gasteiger partial charge in [0.15, 0.2) is 0 Å². The third-order valence-corrected chi connectivity index (χ3v) is 4.02. The Hall–Kier alpha value is -1.48. The van der Waals surface area contributed by atoms with Gasteiger partial charge in [0.05, 0.1) is 0 Å². The minimum absolute atomic E-state index is 0.229. The van der Waals surface area contributed by atoms with Crippen LogP contribution in [0.4, 0.5) is 10.1 Å². The van der Waals surface area contributed by atoms with Crippen molar-refractivity contribution in [2.45, 2.75) is 24.5 Å². The average molecular weight is 261 g/mol. The van der Waals surface area contributed by atoms with Crippen molar-refractivity contribution < 1.29 is 4.39 Å². The topological polar surface area (TPSA) is 26.0 Å². The summed E-state index contributed by atoms with van der Waals surface area (Å²) in [4.78, 5) is 1.19. The molecule has 0 fully saturated rings. The Bertz CT molecular complexity index is 515. The quantitative estimate of drug-likeness (QED) is 0.658. The number of benzene rings is 2. The third-order valence-electron chi connectivity index (χ3n) is 2.79. The van der Waals surface area contributed by atoms with Gasteiger partial charge in [-0.25, -0.2) is 4.39 Å².